The number of rotatable bonds is 8. The van der Waals surface area contributed by atoms with Crippen LogP contribution in [-0.2, 0) is 4.79 Å². The molecule has 0 amide bonds. The number of hydrogen-bond donors (Lipinski definition) is 2. The molecule has 0 saturated heterocycles. The van der Waals surface area contributed by atoms with Crippen LogP contribution in [0.5, 0.6) is 0 Å². The van der Waals surface area contributed by atoms with Crippen molar-refractivity contribution in [3.63, 3.8) is 0 Å². The van der Waals surface area contributed by atoms with Crippen molar-refractivity contribution >= 4 is 5.97 Å². The lowest BCUT2D eigenvalue weighted by atomic mass is 10.0. The number of carbonyl (C=O) groups is 1. The third-order valence-electron chi connectivity index (χ3n) is 2.60. The summed E-state index contributed by atoms with van der Waals surface area (Å²) in [4.78, 5) is 10.5. The highest BCUT2D eigenvalue weighted by Crippen LogP contribution is 2.12. The van der Waals surface area contributed by atoms with Crippen LogP contribution in [0.1, 0.15) is 58.8 Å². The van der Waals surface area contributed by atoms with Crippen LogP contribution in [0, 0.1) is 0 Å². The molecule has 0 aromatic rings. The van der Waals surface area contributed by atoms with Crippen molar-refractivity contribution in [1.82, 2.24) is 0 Å². The summed E-state index contributed by atoms with van der Waals surface area (Å²) in [5.74, 6) is -1.00. The molecule has 0 aromatic carbocycles. The number of hydrogen-bond acceptors (Lipinski definition) is 2. The molecular formula is C12H23NO2. The van der Waals surface area contributed by atoms with Crippen LogP contribution >= 0.6 is 0 Å². The number of aliphatic carboxylic acids is 1. The van der Waals surface area contributed by atoms with E-state index >= 15 is 0 Å². The van der Waals surface area contributed by atoms with Crippen LogP contribution in [0.4, 0.5) is 0 Å². The number of nitrogens with two attached hydrogens (primary N) is 1. The number of unbranched alkanes of at least 4 members (excludes halogenated alkanes) is 5. The Morgan fingerprint density at radius 2 is 1.67 bits per heavy atom. The lowest BCUT2D eigenvalue weighted by Gasteiger charge is -2.04. The van der Waals surface area contributed by atoms with Crippen molar-refractivity contribution in [2.75, 3.05) is 0 Å². The predicted molar refractivity (Wildman–Crippen MR) is 62.5 cm³/mol. The Morgan fingerprint density at radius 1 is 1.13 bits per heavy atom. The highest BCUT2D eigenvalue weighted by Gasteiger charge is 2.05. The molecule has 0 heterocycles. The molecule has 0 unspecified atom stereocenters. The topological polar surface area (TPSA) is 63.3 Å². The zero-order chi connectivity index (χ0) is 11.7. The summed E-state index contributed by atoms with van der Waals surface area (Å²) in [6.45, 7) is 4.00. The first kappa shape index (κ1) is 14.0. The van der Waals surface area contributed by atoms with Gasteiger partial charge >= 0.3 is 5.97 Å². The molecule has 88 valence electrons. The second-order valence-electron chi connectivity index (χ2n) is 4.02. The number of allylic oxidation sites excluding steroid dienone is 1. The average molecular weight is 213 g/mol. The molecule has 3 nitrogen and oxygen atoms in total. The largest absolute Gasteiger partial charge is 0.477 e. The highest BCUT2D eigenvalue weighted by molar-refractivity contribution is 5.86. The van der Waals surface area contributed by atoms with Gasteiger partial charge in [0, 0.05) is 0 Å². The maximum absolute atomic E-state index is 10.5. The Bertz CT molecular complexity index is 222. The Labute approximate surface area is 92.4 Å². The fourth-order valence-corrected chi connectivity index (χ4v) is 1.49. The molecule has 0 rings (SSSR count). The van der Waals surface area contributed by atoms with Crippen molar-refractivity contribution in [2.45, 2.75) is 58.8 Å². The van der Waals surface area contributed by atoms with Gasteiger partial charge in [0.1, 0.15) is 5.70 Å². The van der Waals surface area contributed by atoms with Gasteiger partial charge in [-0.05, 0) is 25.3 Å². The van der Waals surface area contributed by atoms with Crippen molar-refractivity contribution in [3.8, 4) is 0 Å². The first-order valence-corrected chi connectivity index (χ1v) is 5.78. The van der Waals surface area contributed by atoms with Crippen molar-refractivity contribution in [3.05, 3.63) is 11.3 Å². The second-order valence-corrected chi connectivity index (χ2v) is 4.02. The van der Waals surface area contributed by atoms with Gasteiger partial charge in [-0.25, -0.2) is 4.79 Å². The molecule has 15 heavy (non-hydrogen) atoms. The summed E-state index contributed by atoms with van der Waals surface area (Å²) in [5, 5.41) is 8.64. The van der Waals surface area contributed by atoms with E-state index in [4.69, 9.17) is 10.8 Å². The molecule has 0 atom stereocenters. The summed E-state index contributed by atoms with van der Waals surface area (Å²) in [6.07, 6.45) is 8.11. The van der Waals surface area contributed by atoms with E-state index in [-0.39, 0.29) is 5.70 Å². The van der Waals surface area contributed by atoms with E-state index in [0.717, 1.165) is 18.4 Å². The summed E-state index contributed by atoms with van der Waals surface area (Å²) in [6, 6.07) is 0. The van der Waals surface area contributed by atoms with Gasteiger partial charge in [-0.15, -0.1) is 0 Å². The fraction of sp³-hybridized carbons (Fsp3) is 0.750. The standard InChI is InChI=1S/C12H23NO2/c1-3-4-5-6-7-8-9-10(2)11(13)12(14)15/h3-9,13H2,1-2H3,(H,14,15). The van der Waals surface area contributed by atoms with Crippen molar-refractivity contribution < 1.29 is 9.90 Å². The SMILES string of the molecule is CCCCCCCCC(C)=C(N)C(=O)O. The molecule has 0 spiro atoms. The summed E-state index contributed by atoms with van der Waals surface area (Å²) < 4.78 is 0. The van der Waals surface area contributed by atoms with Gasteiger partial charge < -0.3 is 10.8 Å². The molecule has 0 aliphatic heterocycles. The maximum atomic E-state index is 10.5. The lowest BCUT2D eigenvalue weighted by Crippen LogP contribution is -2.12. The Morgan fingerprint density at radius 3 is 2.20 bits per heavy atom. The molecular weight excluding hydrogens is 190 g/mol. The minimum Gasteiger partial charge on any atom is -0.477 e. The van der Waals surface area contributed by atoms with Gasteiger partial charge in [0.15, 0.2) is 0 Å². The van der Waals surface area contributed by atoms with Gasteiger partial charge in [0.05, 0.1) is 0 Å². The van der Waals surface area contributed by atoms with E-state index in [1.807, 2.05) is 0 Å². The molecule has 0 bridgehead atoms. The summed E-state index contributed by atoms with van der Waals surface area (Å²) >= 11 is 0. The van der Waals surface area contributed by atoms with E-state index < -0.39 is 5.97 Å². The van der Waals surface area contributed by atoms with Gasteiger partial charge in [0.2, 0.25) is 0 Å². The van der Waals surface area contributed by atoms with Gasteiger partial charge in [-0.2, -0.15) is 0 Å². The maximum Gasteiger partial charge on any atom is 0.351 e. The van der Waals surface area contributed by atoms with Gasteiger partial charge in [0.25, 0.3) is 0 Å². The van der Waals surface area contributed by atoms with E-state index in [0.29, 0.717) is 0 Å². The lowest BCUT2D eigenvalue weighted by molar-refractivity contribution is -0.132. The van der Waals surface area contributed by atoms with Crippen LogP contribution in [0.3, 0.4) is 0 Å². The van der Waals surface area contributed by atoms with E-state index in [1.54, 1.807) is 6.92 Å². The molecule has 0 aliphatic carbocycles. The highest BCUT2D eigenvalue weighted by atomic mass is 16.4. The average Bonchev–Trinajstić information content (AvgIpc) is 2.21. The molecule has 0 aromatic heterocycles. The number of carboxylic acids is 1. The third-order valence-corrected chi connectivity index (χ3v) is 2.60. The van der Waals surface area contributed by atoms with Crippen LogP contribution in [0.15, 0.2) is 11.3 Å². The van der Waals surface area contributed by atoms with Crippen LogP contribution in [0.25, 0.3) is 0 Å². The van der Waals surface area contributed by atoms with Crippen molar-refractivity contribution in [1.29, 1.82) is 0 Å². The first-order valence-electron chi connectivity index (χ1n) is 5.78. The quantitative estimate of drug-likeness (QED) is 0.481. The van der Waals surface area contributed by atoms with E-state index in [9.17, 15) is 4.79 Å². The molecule has 0 fully saturated rings. The van der Waals surface area contributed by atoms with Crippen LogP contribution in [0.2, 0.25) is 0 Å². The minimum absolute atomic E-state index is 0.0172. The Balaban J connectivity index is 3.59. The Hall–Kier alpha value is -0.990. The second kappa shape index (κ2) is 8.33. The zero-order valence-electron chi connectivity index (χ0n) is 9.88. The zero-order valence-corrected chi connectivity index (χ0v) is 9.88. The normalized spacial score (nSPS) is 12.4. The molecule has 0 radical (unpaired) electrons. The third kappa shape index (κ3) is 7.00. The molecule has 0 saturated carbocycles. The van der Waals surface area contributed by atoms with Gasteiger partial charge in [-0.3, -0.25) is 0 Å². The number of carboxylic acid groups (broad SMARTS) is 1. The van der Waals surface area contributed by atoms with Crippen molar-refractivity contribution in [2.24, 2.45) is 5.73 Å². The molecule has 3 N–H and O–H groups in total. The Kier molecular flexibility index (Phi) is 7.78. The van der Waals surface area contributed by atoms with E-state index in [2.05, 4.69) is 6.92 Å². The summed E-state index contributed by atoms with van der Waals surface area (Å²) in [5.41, 5.74) is 6.22. The fourth-order valence-electron chi connectivity index (χ4n) is 1.49. The van der Waals surface area contributed by atoms with Gasteiger partial charge in [-0.1, -0.05) is 39.0 Å². The van der Waals surface area contributed by atoms with Crippen LogP contribution < -0.4 is 5.73 Å². The van der Waals surface area contributed by atoms with Crippen LogP contribution in [-0.4, -0.2) is 11.1 Å². The summed E-state index contributed by atoms with van der Waals surface area (Å²) in [7, 11) is 0. The molecule has 3 heteroatoms. The monoisotopic (exact) mass is 213 g/mol. The molecule has 0 aliphatic rings. The smallest absolute Gasteiger partial charge is 0.351 e. The first-order chi connectivity index (χ1) is 7.09. The minimum atomic E-state index is -1.00. The predicted octanol–water partition coefficient (Wildman–Crippen LogP) is 3.05. The van der Waals surface area contributed by atoms with E-state index in [1.165, 1.54) is 32.1 Å².